The summed E-state index contributed by atoms with van der Waals surface area (Å²) in [6.07, 6.45) is 0. The number of aromatic nitrogens is 3. The van der Waals surface area contributed by atoms with Crippen LogP contribution in [0.3, 0.4) is 0 Å². The Balaban J connectivity index is 2.05. The van der Waals surface area contributed by atoms with E-state index in [1.54, 1.807) is 13.2 Å². The third kappa shape index (κ3) is 2.93. The molecule has 0 aliphatic rings. The van der Waals surface area contributed by atoms with E-state index in [1.807, 2.05) is 19.9 Å². The molecule has 0 unspecified atom stereocenters. The van der Waals surface area contributed by atoms with Gasteiger partial charge in [0.2, 0.25) is 11.8 Å². The zero-order valence-electron chi connectivity index (χ0n) is 10.0. The Labute approximate surface area is 99.0 Å². The Hall–Kier alpha value is -2.11. The standard InChI is InChI=1S/C11H14N4O2/c1-7-5-10(16-3)14-11(13-7)12-6-9-4-8(2)15-17-9/h4-5H,6H2,1-3H3,(H,12,13,14). The normalized spacial score (nSPS) is 10.3. The summed E-state index contributed by atoms with van der Waals surface area (Å²) in [5.74, 6) is 1.79. The smallest absolute Gasteiger partial charge is 0.226 e. The number of ether oxygens (including phenoxy) is 1. The van der Waals surface area contributed by atoms with E-state index in [4.69, 9.17) is 9.26 Å². The zero-order chi connectivity index (χ0) is 12.3. The summed E-state index contributed by atoms with van der Waals surface area (Å²) in [5, 5.41) is 6.85. The van der Waals surface area contributed by atoms with Gasteiger partial charge in [0.25, 0.3) is 0 Å². The maximum Gasteiger partial charge on any atom is 0.226 e. The summed E-state index contributed by atoms with van der Waals surface area (Å²) < 4.78 is 10.1. The second-order valence-corrected chi connectivity index (χ2v) is 3.66. The molecule has 0 aliphatic heterocycles. The molecule has 0 saturated heterocycles. The summed E-state index contributed by atoms with van der Waals surface area (Å²) in [6, 6.07) is 3.63. The average Bonchev–Trinajstić information content (AvgIpc) is 2.72. The van der Waals surface area contributed by atoms with Crippen molar-refractivity contribution in [2.24, 2.45) is 0 Å². The van der Waals surface area contributed by atoms with Gasteiger partial charge in [-0.1, -0.05) is 5.16 Å². The van der Waals surface area contributed by atoms with Gasteiger partial charge in [0.15, 0.2) is 5.76 Å². The number of anilines is 1. The topological polar surface area (TPSA) is 73.1 Å². The number of nitrogens with zero attached hydrogens (tertiary/aromatic N) is 3. The lowest BCUT2D eigenvalue weighted by Gasteiger charge is -2.05. The number of rotatable bonds is 4. The molecule has 2 aromatic heterocycles. The Morgan fingerprint density at radius 1 is 1.24 bits per heavy atom. The Bertz CT molecular complexity index is 510. The third-order valence-electron chi connectivity index (χ3n) is 2.14. The van der Waals surface area contributed by atoms with Crippen molar-refractivity contribution in [3.8, 4) is 5.88 Å². The SMILES string of the molecule is COc1cc(C)nc(NCc2cc(C)no2)n1. The number of hydrogen-bond acceptors (Lipinski definition) is 6. The van der Waals surface area contributed by atoms with Crippen LogP contribution >= 0.6 is 0 Å². The van der Waals surface area contributed by atoms with Crippen LogP contribution in [0.25, 0.3) is 0 Å². The van der Waals surface area contributed by atoms with Crippen LogP contribution in [0.5, 0.6) is 5.88 Å². The molecule has 2 rings (SSSR count). The predicted molar refractivity (Wildman–Crippen MR) is 61.9 cm³/mol. The molecule has 0 radical (unpaired) electrons. The molecule has 0 atom stereocenters. The molecule has 17 heavy (non-hydrogen) atoms. The molecule has 0 bridgehead atoms. The van der Waals surface area contributed by atoms with E-state index in [1.165, 1.54) is 0 Å². The largest absolute Gasteiger partial charge is 0.481 e. The molecule has 1 N–H and O–H groups in total. The molecule has 0 spiro atoms. The van der Waals surface area contributed by atoms with E-state index >= 15 is 0 Å². The van der Waals surface area contributed by atoms with Crippen LogP contribution in [-0.2, 0) is 6.54 Å². The van der Waals surface area contributed by atoms with Crippen molar-refractivity contribution < 1.29 is 9.26 Å². The lowest BCUT2D eigenvalue weighted by Crippen LogP contribution is -2.04. The Morgan fingerprint density at radius 2 is 2.06 bits per heavy atom. The van der Waals surface area contributed by atoms with Crippen LogP contribution in [-0.4, -0.2) is 22.2 Å². The fourth-order valence-corrected chi connectivity index (χ4v) is 1.39. The van der Waals surface area contributed by atoms with E-state index in [2.05, 4.69) is 20.4 Å². The Kier molecular flexibility index (Phi) is 3.22. The third-order valence-corrected chi connectivity index (χ3v) is 2.14. The number of hydrogen-bond donors (Lipinski definition) is 1. The van der Waals surface area contributed by atoms with Gasteiger partial charge in [-0.05, 0) is 13.8 Å². The minimum absolute atomic E-state index is 0.493. The highest BCUT2D eigenvalue weighted by Crippen LogP contribution is 2.12. The highest BCUT2D eigenvalue weighted by Gasteiger charge is 2.04. The highest BCUT2D eigenvalue weighted by molar-refractivity contribution is 5.31. The first-order valence-corrected chi connectivity index (χ1v) is 5.23. The van der Waals surface area contributed by atoms with Crippen LogP contribution in [0.2, 0.25) is 0 Å². The van der Waals surface area contributed by atoms with Crippen molar-refractivity contribution in [2.75, 3.05) is 12.4 Å². The lowest BCUT2D eigenvalue weighted by molar-refractivity contribution is 0.383. The number of nitrogens with one attached hydrogen (secondary N) is 1. The molecular weight excluding hydrogens is 220 g/mol. The number of methoxy groups -OCH3 is 1. The molecule has 0 aromatic carbocycles. The van der Waals surface area contributed by atoms with Gasteiger partial charge < -0.3 is 14.6 Å². The van der Waals surface area contributed by atoms with E-state index in [0.717, 1.165) is 17.1 Å². The van der Waals surface area contributed by atoms with Gasteiger partial charge >= 0.3 is 0 Å². The predicted octanol–water partition coefficient (Wildman–Crippen LogP) is 1.70. The maximum atomic E-state index is 5.07. The Morgan fingerprint density at radius 3 is 2.71 bits per heavy atom. The van der Waals surface area contributed by atoms with Crippen molar-refractivity contribution in [3.05, 3.63) is 29.3 Å². The summed E-state index contributed by atoms with van der Waals surface area (Å²) in [6.45, 7) is 4.25. The van der Waals surface area contributed by atoms with Crippen LogP contribution < -0.4 is 10.1 Å². The maximum absolute atomic E-state index is 5.07. The van der Waals surface area contributed by atoms with Gasteiger partial charge in [0.05, 0.1) is 19.3 Å². The molecule has 2 heterocycles. The monoisotopic (exact) mass is 234 g/mol. The van der Waals surface area contributed by atoms with Gasteiger partial charge in [-0.25, -0.2) is 4.98 Å². The van der Waals surface area contributed by atoms with Crippen molar-refractivity contribution >= 4 is 5.95 Å². The van der Waals surface area contributed by atoms with Gasteiger partial charge in [0.1, 0.15) is 0 Å². The molecule has 0 aliphatic carbocycles. The minimum Gasteiger partial charge on any atom is -0.481 e. The summed E-state index contributed by atoms with van der Waals surface area (Å²) in [4.78, 5) is 8.41. The van der Waals surface area contributed by atoms with E-state index in [9.17, 15) is 0 Å². The average molecular weight is 234 g/mol. The zero-order valence-corrected chi connectivity index (χ0v) is 10.0. The van der Waals surface area contributed by atoms with E-state index in [-0.39, 0.29) is 0 Å². The molecule has 6 heteroatoms. The molecular formula is C11H14N4O2. The number of aryl methyl sites for hydroxylation is 2. The van der Waals surface area contributed by atoms with Crippen LogP contribution in [0.4, 0.5) is 5.95 Å². The first-order valence-electron chi connectivity index (χ1n) is 5.23. The first kappa shape index (κ1) is 11.4. The van der Waals surface area contributed by atoms with Crippen LogP contribution in [0, 0.1) is 13.8 Å². The minimum atomic E-state index is 0.493. The quantitative estimate of drug-likeness (QED) is 0.868. The first-order chi connectivity index (χ1) is 8.17. The second kappa shape index (κ2) is 4.82. The molecule has 6 nitrogen and oxygen atoms in total. The summed E-state index contributed by atoms with van der Waals surface area (Å²) in [5.41, 5.74) is 1.69. The van der Waals surface area contributed by atoms with Crippen molar-refractivity contribution in [3.63, 3.8) is 0 Å². The van der Waals surface area contributed by atoms with E-state index < -0.39 is 0 Å². The molecule has 0 saturated carbocycles. The summed E-state index contributed by atoms with van der Waals surface area (Å²) in [7, 11) is 1.57. The van der Waals surface area contributed by atoms with Crippen molar-refractivity contribution in [1.82, 2.24) is 15.1 Å². The van der Waals surface area contributed by atoms with Crippen molar-refractivity contribution in [2.45, 2.75) is 20.4 Å². The van der Waals surface area contributed by atoms with Gasteiger partial charge in [-0.15, -0.1) is 0 Å². The molecule has 90 valence electrons. The highest BCUT2D eigenvalue weighted by atomic mass is 16.5. The molecule has 0 fully saturated rings. The van der Waals surface area contributed by atoms with Crippen LogP contribution in [0.15, 0.2) is 16.7 Å². The molecule has 2 aromatic rings. The molecule has 0 amide bonds. The van der Waals surface area contributed by atoms with Gasteiger partial charge in [0, 0.05) is 17.8 Å². The fraction of sp³-hybridized carbons (Fsp3) is 0.364. The van der Waals surface area contributed by atoms with E-state index in [0.29, 0.717) is 18.4 Å². The van der Waals surface area contributed by atoms with Gasteiger partial charge in [-0.2, -0.15) is 4.98 Å². The van der Waals surface area contributed by atoms with Crippen LogP contribution in [0.1, 0.15) is 17.1 Å². The fourth-order valence-electron chi connectivity index (χ4n) is 1.39. The second-order valence-electron chi connectivity index (χ2n) is 3.66. The lowest BCUT2D eigenvalue weighted by atomic mass is 10.4. The summed E-state index contributed by atoms with van der Waals surface area (Å²) >= 11 is 0. The van der Waals surface area contributed by atoms with Crippen molar-refractivity contribution in [1.29, 1.82) is 0 Å². The van der Waals surface area contributed by atoms with Gasteiger partial charge in [-0.3, -0.25) is 0 Å².